The molecule has 1 heteroatoms. The van der Waals surface area contributed by atoms with Crippen LogP contribution in [0.1, 0.15) is 45.2 Å². The van der Waals surface area contributed by atoms with E-state index in [1.807, 2.05) is 0 Å². The fourth-order valence-electron chi connectivity index (χ4n) is 4.05. The minimum Gasteiger partial charge on any atom is -0.352 e. The quantitative estimate of drug-likeness (QED) is 0.534. The van der Waals surface area contributed by atoms with Crippen LogP contribution in [-0.2, 0) is 6.42 Å². The van der Waals surface area contributed by atoms with Crippen molar-refractivity contribution in [3.05, 3.63) is 83.7 Å². The highest BCUT2D eigenvalue weighted by Gasteiger charge is 2.29. The van der Waals surface area contributed by atoms with Gasteiger partial charge in [-0.3, -0.25) is 0 Å². The van der Waals surface area contributed by atoms with Crippen molar-refractivity contribution in [3.63, 3.8) is 0 Å². The van der Waals surface area contributed by atoms with Gasteiger partial charge >= 0.3 is 0 Å². The van der Waals surface area contributed by atoms with Gasteiger partial charge in [-0.05, 0) is 55.2 Å². The predicted molar refractivity (Wildman–Crippen MR) is 122 cm³/mol. The number of rotatable bonds is 5. The zero-order valence-corrected chi connectivity index (χ0v) is 18.2. The van der Waals surface area contributed by atoms with Crippen molar-refractivity contribution in [1.29, 1.82) is 0 Å². The number of allylic oxidation sites excluding steroid dienone is 2. The van der Waals surface area contributed by atoms with E-state index < -0.39 is 0 Å². The SMILES string of the molecule is C=C1C(Cc2cccc(-c3cccc(C)c3)c2)C(C)CCN1/C=C(/C)C(C)C. The number of piperidine rings is 1. The van der Waals surface area contributed by atoms with Gasteiger partial charge in [-0.1, -0.05) is 87.0 Å². The van der Waals surface area contributed by atoms with Crippen molar-refractivity contribution in [1.82, 2.24) is 4.90 Å². The maximum absolute atomic E-state index is 4.51. The van der Waals surface area contributed by atoms with Crippen molar-refractivity contribution in [2.24, 2.45) is 17.8 Å². The smallest absolute Gasteiger partial charge is 0.0224 e. The Morgan fingerprint density at radius 3 is 2.50 bits per heavy atom. The average Bonchev–Trinajstić information content (AvgIpc) is 2.67. The molecule has 2 unspecified atom stereocenters. The summed E-state index contributed by atoms with van der Waals surface area (Å²) in [7, 11) is 0. The zero-order valence-electron chi connectivity index (χ0n) is 18.2. The van der Waals surface area contributed by atoms with Crippen molar-refractivity contribution < 1.29 is 0 Å². The van der Waals surface area contributed by atoms with Crippen LogP contribution in [-0.4, -0.2) is 11.4 Å². The maximum Gasteiger partial charge on any atom is 0.0224 e. The first kappa shape index (κ1) is 20.5. The summed E-state index contributed by atoms with van der Waals surface area (Å²) >= 11 is 0. The normalized spacial score (nSPS) is 20.7. The molecule has 0 saturated carbocycles. The molecule has 2 atom stereocenters. The molecule has 0 radical (unpaired) electrons. The molecule has 0 amide bonds. The standard InChI is InChI=1S/C27H35N/c1-19(2)22(5)18-28-14-13-21(4)27(23(28)6)17-24-10-8-12-26(16-24)25-11-7-9-20(3)15-25/h7-12,15-16,18-19,21,27H,6,13-14,17H2,1-5H3/b22-18-. The molecule has 0 aromatic heterocycles. The molecule has 1 aliphatic heterocycles. The largest absolute Gasteiger partial charge is 0.352 e. The Bertz CT molecular complexity index is 858. The van der Waals surface area contributed by atoms with E-state index in [2.05, 4.69) is 101 Å². The Hall–Kier alpha value is -2.28. The summed E-state index contributed by atoms with van der Waals surface area (Å²) in [5, 5.41) is 0. The van der Waals surface area contributed by atoms with Gasteiger partial charge in [0.25, 0.3) is 0 Å². The number of hydrogen-bond donors (Lipinski definition) is 0. The predicted octanol–water partition coefficient (Wildman–Crippen LogP) is 7.24. The van der Waals surface area contributed by atoms with E-state index in [1.165, 1.54) is 39.9 Å². The molecule has 0 aliphatic carbocycles. The maximum atomic E-state index is 4.51. The number of nitrogens with zero attached hydrogens (tertiary/aromatic N) is 1. The van der Waals surface area contributed by atoms with Crippen LogP contribution in [0.4, 0.5) is 0 Å². The number of hydrogen-bond acceptors (Lipinski definition) is 1. The number of benzene rings is 2. The summed E-state index contributed by atoms with van der Waals surface area (Å²) in [5.41, 5.74) is 8.02. The zero-order chi connectivity index (χ0) is 20.3. The molecule has 0 bridgehead atoms. The second-order valence-corrected chi connectivity index (χ2v) is 8.86. The van der Waals surface area contributed by atoms with Crippen LogP contribution in [0.2, 0.25) is 0 Å². The summed E-state index contributed by atoms with van der Waals surface area (Å²) in [6.45, 7) is 16.9. The van der Waals surface area contributed by atoms with Crippen molar-refractivity contribution in [2.75, 3.05) is 6.54 Å². The van der Waals surface area contributed by atoms with Crippen molar-refractivity contribution >= 4 is 0 Å². The van der Waals surface area contributed by atoms with E-state index in [4.69, 9.17) is 0 Å². The van der Waals surface area contributed by atoms with Crippen molar-refractivity contribution in [3.8, 4) is 11.1 Å². The van der Waals surface area contributed by atoms with Gasteiger partial charge in [0, 0.05) is 24.4 Å². The molecular weight excluding hydrogens is 338 g/mol. The second kappa shape index (κ2) is 8.82. The van der Waals surface area contributed by atoms with Crippen LogP contribution in [0.15, 0.2) is 72.6 Å². The molecule has 1 saturated heterocycles. The van der Waals surface area contributed by atoms with Gasteiger partial charge in [0.15, 0.2) is 0 Å². The molecule has 1 nitrogen and oxygen atoms in total. The Balaban J connectivity index is 1.81. The lowest BCUT2D eigenvalue weighted by Crippen LogP contribution is -2.35. The summed E-state index contributed by atoms with van der Waals surface area (Å²) in [6.07, 6.45) is 4.61. The fraction of sp³-hybridized carbons (Fsp3) is 0.407. The molecule has 28 heavy (non-hydrogen) atoms. The monoisotopic (exact) mass is 373 g/mol. The Morgan fingerprint density at radius 2 is 1.82 bits per heavy atom. The lowest BCUT2D eigenvalue weighted by molar-refractivity contribution is 0.232. The Kier molecular flexibility index (Phi) is 6.44. The van der Waals surface area contributed by atoms with Gasteiger partial charge in [-0.15, -0.1) is 0 Å². The molecule has 3 rings (SSSR count). The van der Waals surface area contributed by atoms with Gasteiger partial charge in [0.2, 0.25) is 0 Å². The highest BCUT2D eigenvalue weighted by Crippen LogP contribution is 2.35. The highest BCUT2D eigenvalue weighted by molar-refractivity contribution is 5.64. The fourth-order valence-corrected chi connectivity index (χ4v) is 4.05. The third-order valence-electron chi connectivity index (χ3n) is 6.31. The molecule has 0 spiro atoms. The third kappa shape index (κ3) is 4.76. The number of aryl methyl sites for hydroxylation is 1. The van der Waals surface area contributed by atoms with E-state index in [1.54, 1.807) is 0 Å². The van der Waals surface area contributed by atoms with Gasteiger partial charge in [0.1, 0.15) is 0 Å². The molecular formula is C27H35N. The average molecular weight is 374 g/mol. The van der Waals surface area contributed by atoms with E-state index in [-0.39, 0.29) is 0 Å². The summed E-state index contributed by atoms with van der Waals surface area (Å²) in [4.78, 5) is 2.41. The van der Waals surface area contributed by atoms with Crippen LogP contribution in [0.25, 0.3) is 11.1 Å². The van der Waals surface area contributed by atoms with E-state index in [0.717, 1.165) is 13.0 Å². The lowest BCUT2D eigenvalue weighted by Gasteiger charge is -2.39. The molecule has 2 aromatic rings. The minimum absolute atomic E-state index is 0.498. The summed E-state index contributed by atoms with van der Waals surface area (Å²) in [6, 6.07) is 17.8. The van der Waals surface area contributed by atoms with Crippen LogP contribution < -0.4 is 0 Å². The van der Waals surface area contributed by atoms with E-state index in [0.29, 0.717) is 17.8 Å². The van der Waals surface area contributed by atoms with Crippen LogP contribution in [0.5, 0.6) is 0 Å². The van der Waals surface area contributed by atoms with E-state index >= 15 is 0 Å². The first-order chi connectivity index (χ1) is 13.3. The highest BCUT2D eigenvalue weighted by atomic mass is 15.1. The van der Waals surface area contributed by atoms with Crippen molar-refractivity contribution in [2.45, 2.75) is 47.5 Å². The molecule has 148 valence electrons. The minimum atomic E-state index is 0.498. The Morgan fingerprint density at radius 1 is 1.14 bits per heavy atom. The summed E-state index contributed by atoms with van der Waals surface area (Å²) < 4.78 is 0. The molecule has 1 aliphatic rings. The van der Waals surface area contributed by atoms with E-state index in [9.17, 15) is 0 Å². The second-order valence-electron chi connectivity index (χ2n) is 8.86. The van der Waals surface area contributed by atoms with Crippen LogP contribution in [0.3, 0.4) is 0 Å². The third-order valence-corrected chi connectivity index (χ3v) is 6.31. The molecule has 2 aromatic carbocycles. The van der Waals surface area contributed by atoms with Gasteiger partial charge in [-0.2, -0.15) is 0 Å². The number of likely N-dealkylation sites (tertiary alicyclic amines) is 1. The van der Waals surface area contributed by atoms with Crippen LogP contribution in [0, 0.1) is 24.7 Å². The molecule has 1 fully saturated rings. The topological polar surface area (TPSA) is 3.24 Å². The summed E-state index contributed by atoms with van der Waals surface area (Å²) in [5.74, 6) is 1.74. The van der Waals surface area contributed by atoms with Gasteiger partial charge in [0.05, 0.1) is 0 Å². The molecule has 1 heterocycles. The lowest BCUT2D eigenvalue weighted by atomic mass is 9.80. The Labute approximate surface area is 171 Å². The first-order valence-corrected chi connectivity index (χ1v) is 10.6. The van der Waals surface area contributed by atoms with Gasteiger partial charge < -0.3 is 4.90 Å². The van der Waals surface area contributed by atoms with Gasteiger partial charge in [-0.25, -0.2) is 0 Å². The van der Waals surface area contributed by atoms with Crippen LogP contribution >= 0.6 is 0 Å². The molecule has 0 N–H and O–H groups in total. The first-order valence-electron chi connectivity index (χ1n) is 10.6.